The maximum absolute atomic E-state index is 10.9. The van der Waals surface area contributed by atoms with Crippen LogP contribution >= 0.6 is 34.8 Å². The zero-order valence-electron chi connectivity index (χ0n) is 7.58. The van der Waals surface area contributed by atoms with Crippen molar-refractivity contribution in [3.05, 3.63) is 43.5 Å². The summed E-state index contributed by atoms with van der Waals surface area (Å²) in [5.74, 6) is 0. The molecule has 0 fully saturated rings. The molecule has 0 aliphatic rings. The van der Waals surface area contributed by atoms with Gasteiger partial charge in [0.15, 0.2) is 0 Å². The molecule has 2 aromatic rings. The SMILES string of the molecule is O=[N+]([O-])c1c(Cl)cc(Cl)c2nccc(Cl)c12. The Balaban J connectivity index is 3.04. The van der Waals surface area contributed by atoms with Gasteiger partial charge in [-0.05, 0) is 12.1 Å². The summed E-state index contributed by atoms with van der Waals surface area (Å²) in [6.45, 7) is 0. The highest BCUT2D eigenvalue weighted by atomic mass is 35.5. The first-order chi connectivity index (χ1) is 7.52. The van der Waals surface area contributed by atoms with E-state index in [9.17, 15) is 10.1 Å². The van der Waals surface area contributed by atoms with Gasteiger partial charge in [0, 0.05) is 6.20 Å². The molecule has 0 atom stereocenters. The van der Waals surface area contributed by atoms with Crippen molar-refractivity contribution in [1.82, 2.24) is 4.98 Å². The highest BCUT2D eigenvalue weighted by molar-refractivity contribution is 6.43. The van der Waals surface area contributed by atoms with Crippen LogP contribution in [-0.2, 0) is 0 Å². The number of benzene rings is 1. The first-order valence-electron chi connectivity index (χ1n) is 4.09. The van der Waals surface area contributed by atoms with Gasteiger partial charge in [-0.15, -0.1) is 0 Å². The molecule has 7 heteroatoms. The lowest BCUT2D eigenvalue weighted by Crippen LogP contribution is -1.93. The highest BCUT2D eigenvalue weighted by Crippen LogP contribution is 2.39. The number of rotatable bonds is 1. The predicted octanol–water partition coefficient (Wildman–Crippen LogP) is 4.10. The van der Waals surface area contributed by atoms with Gasteiger partial charge in [0.1, 0.15) is 5.02 Å². The minimum atomic E-state index is -0.603. The third-order valence-corrected chi connectivity index (χ3v) is 2.92. The van der Waals surface area contributed by atoms with Crippen molar-refractivity contribution in [2.45, 2.75) is 0 Å². The Morgan fingerprint density at radius 1 is 1.19 bits per heavy atom. The molecule has 2 rings (SSSR count). The fraction of sp³-hybridized carbons (Fsp3) is 0. The van der Waals surface area contributed by atoms with E-state index < -0.39 is 4.92 Å². The second kappa shape index (κ2) is 4.05. The molecular weight excluding hydrogens is 274 g/mol. The van der Waals surface area contributed by atoms with E-state index in [4.69, 9.17) is 34.8 Å². The minimum absolute atomic E-state index is 0.0580. The van der Waals surface area contributed by atoms with Crippen LogP contribution < -0.4 is 0 Å². The molecule has 0 aliphatic heterocycles. The van der Waals surface area contributed by atoms with Crippen molar-refractivity contribution in [3.63, 3.8) is 0 Å². The molecule has 1 aromatic heterocycles. The van der Waals surface area contributed by atoms with Crippen molar-refractivity contribution in [2.24, 2.45) is 0 Å². The molecule has 0 aliphatic carbocycles. The van der Waals surface area contributed by atoms with Gasteiger partial charge in [-0.25, -0.2) is 0 Å². The molecule has 4 nitrogen and oxygen atoms in total. The maximum Gasteiger partial charge on any atom is 0.298 e. The Morgan fingerprint density at radius 3 is 2.50 bits per heavy atom. The molecule has 1 aromatic carbocycles. The Bertz CT molecular complexity index is 601. The fourth-order valence-corrected chi connectivity index (χ4v) is 2.21. The zero-order chi connectivity index (χ0) is 11.9. The Morgan fingerprint density at radius 2 is 1.88 bits per heavy atom. The predicted molar refractivity (Wildman–Crippen MR) is 63.4 cm³/mol. The van der Waals surface area contributed by atoms with Crippen LogP contribution in [0.3, 0.4) is 0 Å². The highest BCUT2D eigenvalue weighted by Gasteiger charge is 2.22. The molecule has 0 saturated heterocycles. The van der Waals surface area contributed by atoms with E-state index >= 15 is 0 Å². The largest absolute Gasteiger partial charge is 0.298 e. The van der Waals surface area contributed by atoms with E-state index in [2.05, 4.69) is 4.98 Å². The van der Waals surface area contributed by atoms with Crippen LogP contribution in [0.5, 0.6) is 0 Å². The van der Waals surface area contributed by atoms with Gasteiger partial charge < -0.3 is 0 Å². The number of hydrogen-bond donors (Lipinski definition) is 0. The zero-order valence-corrected chi connectivity index (χ0v) is 9.84. The average molecular weight is 277 g/mol. The number of nitro groups is 1. The number of pyridine rings is 1. The minimum Gasteiger partial charge on any atom is -0.258 e. The lowest BCUT2D eigenvalue weighted by molar-refractivity contribution is -0.382. The Hall–Kier alpha value is -1.10. The Labute approximate surface area is 105 Å². The maximum atomic E-state index is 10.9. The molecule has 0 radical (unpaired) electrons. The molecule has 0 saturated carbocycles. The number of hydrogen-bond acceptors (Lipinski definition) is 3. The second-order valence-electron chi connectivity index (χ2n) is 2.96. The van der Waals surface area contributed by atoms with Gasteiger partial charge in [0.05, 0.1) is 25.9 Å². The van der Waals surface area contributed by atoms with Gasteiger partial charge in [-0.3, -0.25) is 15.1 Å². The third-order valence-electron chi connectivity index (χ3n) is 2.03. The summed E-state index contributed by atoms with van der Waals surface area (Å²) in [5, 5.41) is 11.4. The smallest absolute Gasteiger partial charge is 0.258 e. The molecular formula is C9H3Cl3N2O2. The van der Waals surface area contributed by atoms with Crippen LogP contribution in [0, 0.1) is 10.1 Å². The van der Waals surface area contributed by atoms with Crippen LogP contribution in [0.15, 0.2) is 18.3 Å². The van der Waals surface area contributed by atoms with Crippen LogP contribution in [0.1, 0.15) is 0 Å². The number of aromatic nitrogens is 1. The number of fused-ring (bicyclic) bond motifs is 1. The molecule has 0 N–H and O–H groups in total. The monoisotopic (exact) mass is 276 g/mol. The van der Waals surface area contributed by atoms with E-state index in [0.717, 1.165) is 0 Å². The molecule has 82 valence electrons. The molecule has 1 heterocycles. The van der Waals surface area contributed by atoms with E-state index in [1.54, 1.807) is 0 Å². The van der Waals surface area contributed by atoms with E-state index in [1.807, 2.05) is 0 Å². The quantitative estimate of drug-likeness (QED) is 0.582. The summed E-state index contributed by atoms with van der Waals surface area (Å²) in [7, 11) is 0. The molecule has 0 bridgehead atoms. The lowest BCUT2D eigenvalue weighted by atomic mass is 10.2. The van der Waals surface area contributed by atoms with Crippen LogP contribution in [-0.4, -0.2) is 9.91 Å². The van der Waals surface area contributed by atoms with Gasteiger partial charge in [-0.1, -0.05) is 34.8 Å². The van der Waals surface area contributed by atoms with Crippen LogP contribution in [0.2, 0.25) is 15.1 Å². The Kier molecular flexibility index (Phi) is 2.88. The van der Waals surface area contributed by atoms with Crippen molar-refractivity contribution in [3.8, 4) is 0 Å². The standard InChI is InChI=1S/C9H3Cl3N2O2/c10-4-1-2-13-8-5(11)3-6(12)9(7(4)8)14(15)16/h1-3H. The van der Waals surface area contributed by atoms with Gasteiger partial charge in [0.25, 0.3) is 5.69 Å². The molecule has 16 heavy (non-hydrogen) atoms. The summed E-state index contributed by atoms with van der Waals surface area (Å²) in [6, 6.07) is 2.73. The molecule has 0 spiro atoms. The molecule has 0 amide bonds. The van der Waals surface area contributed by atoms with Gasteiger partial charge >= 0.3 is 0 Å². The van der Waals surface area contributed by atoms with E-state index in [0.29, 0.717) is 0 Å². The summed E-state index contributed by atoms with van der Waals surface area (Å²) in [5.41, 5.74) is -0.00978. The van der Waals surface area contributed by atoms with Crippen molar-refractivity contribution in [2.75, 3.05) is 0 Å². The van der Waals surface area contributed by atoms with Gasteiger partial charge in [0.2, 0.25) is 0 Å². The number of halogens is 3. The topological polar surface area (TPSA) is 56.0 Å². The van der Waals surface area contributed by atoms with Crippen molar-refractivity contribution >= 4 is 51.4 Å². The van der Waals surface area contributed by atoms with Crippen molar-refractivity contribution < 1.29 is 4.92 Å². The third kappa shape index (κ3) is 1.69. The number of nitrogens with zero attached hydrogens (tertiary/aromatic N) is 2. The van der Waals surface area contributed by atoms with Crippen LogP contribution in [0.4, 0.5) is 5.69 Å². The number of nitro benzene ring substituents is 1. The van der Waals surface area contributed by atoms with E-state index in [1.165, 1.54) is 18.3 Å². The average Bonchev–Trinajstić information content (AvgIpc) is 2.19. The lowest BCUT2D eigenvalue weighted by Gasteiger charge is -2.04. The second-order valence-corrected chi connectivity index (χ2v) is 4.18. The normalized spacial score (nSPS) is 10.7. The molecule has 0 unspecified atom stereocenters. The van der Waals surface area contributed by atoms with E-state index in [-0.39, 0.29) is 31.7 Å². The first-order valence-corrected chi connectivity index (χ1v) is 5.22. The summed E-state index contributed by atoms with van der Waals surface area (Å²) in [6.07, 6.45) is 1.42. The van der Waals surface area contributed by atoms with Crippen molar-refractivity contribution in [1.29, 1.82) is 0 Å². The summed E-state index contributed by atoms with van der Waals surface area (Å²) >= 11 is 17.5. The summed E-state index contributed by atoms with van der Waals surface area (Å²) in [4.78, 5) is 14.2. The van der Waals surface area contributed by atoms with Crippen LogP contribution in [0.25, 0.3) is 10.9 Å². The fourth-order valence-electron chi connectivity index (χ4n) is 1.39. The van der Waals surface area contributed by atoms with Gasteiger partial charge in [-0.2, -0.15) is 0 Å². The summed E-state index contributed by atoms with van der Waals surface area (Å²) < 4.78 is 0. The first kappa shape index (κ1) is 11.4.